The number of para-hydroxylation sites is 1. The molecule has 0 aliphatic heterocycles. The van der Waals surface area contributed by atoms with Gasteiger partial charge in [0.1, 0.15) is 0 Å². The van der Waals surface area contributed by atoms with Crippen molar-refractivity contribution in [1.82, 2.24) is 0 Å². The SMILES string of the molecule is CCC(N)c1ccccc1N(Cc1ccccc1)C(C)C. The molecule has 0 saturated carbocycles. The predicted molar refractivity (Wildman–Crippen MR) is 91.4 cm³/mol. The number of anilines is 1. The van der Waals surface area contributed by atoms with Gasteiger partial charge in [-0.25, -0.2) is 0 Å². The van der Waals surface area contributed by atoms with Gasteiger partial charge >= 0.3 is 0 Å². The Labute approximate surface area is 128 Å². The van der Waals surface area contributed by atoms with Crippen molar-refractivity contribution in [1.29, 1.82) is 0 Å². The fourth-order valence-corrected chi connectivity index (χ4v) is 2.61. The number of nitrogens with two attached hydrogens (primary N) is 1. The van der Waals surface area contributed by atoms with Crippen LogP contribution < -0.4 is 10.6 Å². The molecule has 1 atom stereocenters. The lowest BCUT2D eigenvalue weighted by Gasteiger charge is -2.32. The van der Waals surface area contributed by atoms with E-state index in [2.05, 4.69) is 80.3 Å². The minimum atomic E-state index is 0.0956. The number of nitrogens with zero attached hydrogens (tertiary/aromatic N) is 1. The standard InChI is InChI=1S/C19H26N2/c1-4-18(20)17-12-8-9-13-19(17)21(15(2)3)14-16-10-6-5-7-11-16/h5-13,15,18H,4,14,20H2,1-3H3. The maximum absolute atomic E-state index is 6.30. The first-order chi connectivity index (χ1) is 10.1. The Morgan fingerprint density at radius 3 is 2.19 bits per heavy atom. The summed E-state index contributed by atoms with van der Waals surface area (Å²) >= 11 is 0. The van der Waals surface area contributed by atoms with Gasteiger partial charge < -0.3 is 10.6 Å². The van der Waals surface area contributed by atoms with Gasteiger partial charge in [0.25, 0.3) is 0 Å². The fraction of sp³-hybridized carbons (Fsp3) is 0.368. The third-order valence-electron chi connectivity index (χ3n) is 3.90. The molecule has 2 heteroatoms. The fourth-order valence-electron chi connectivity index (χ4n) is 2.61. The molecule has 0 aromatic heterocycles. The minimum Gasteiger partial charge on any atom is -0.365 e. The highest BCUT2D eigenvalue weighted by atomic mass is 15.2. The first-order valence-corrected chi connectivity index (χ1v) is 7.78. The summed E-state index contributed by atoms with van der Waals surface area (Å²) in [6.07, 6.45) is 0.953. The molecule has 0 spiro atoms. The van der Waals surface area contributed by atoms with E-state index in [9.17, 15) is 0 Å². The molecule has 0 aliphatic rings. The first kappa shape index (κ1) is 15.6. The van der Waals surface area contributed by atoms with Crippen LogP contribution in [-0.2, 0) is 6.54 Å². The molecule has 2 nitrogen and oxygen atoms in total. The van der Waals surface area contributed by atoms with Gasteiger partial charge in [0.2, 0.25) is 0 Å². The van der Waals surface area contributed by atoms with Crippen LogP contribution in [-0.4, -0.2) is 6.04 Å². The number of rotatable bonds is 6. The highest BCUT2D eigenvalue weighted by molar-refractivity contribution is 5.56. The Morgan fingerprint density at radius 2 is 1.57 bits per heavy atom. The topological polar surface area (TPSA) is 29.3 Å². The Balaban J connectivity index is 2.35. The van der Waals surface area contributed by atoms with Crippen molar-refractivity contribution in [2.75, 3.05) is 4.90 Å². The molecule has 2 N–H and O–H groups in total. The van der Waals surface area contributed by atoms with Crippen molar-refractivity contribution in [2.45, 2.75) is 45.8 Å². The molecule has 0 heterocycles. The van der Waals surface area contributed by atoms with Crippen LogP contribution in [0.1, 0.15) is 44.4 Å². The Morgan fingerprint density at radius 1 is 0.952 bits per heavy atom. The third-order valence-corrected chi connectivity index (χ3v) is 3.90. The van der Waals surface area contributed by atoms with E-state index >= 15 is 0 Å². The van der Waals surface area contributed by atoms with Gasteiger partial charge in [-0.15, -0.1) is 0 Å². The van der Waals surface area contributed by atoms with Crippen LogP contribution in [0.2, 0.25) is 0 Å². The zero-order valence-corrected chi connectivity index (χ0v) is 13.3. The summed E-state index contributed by atoms with van der Waals surface area (Å²) in [6.45, 7) is 7.51. The number of benzene rings is 2. The van der Waals surface area contributed by atoms with E-state index in [0.29, 0.717) is 6.04 Å². The van der Waals surface area contributed by atoms with E-state index in [4.69, 9.17) is 5.73 Å². The second-order valence-electron chi connectivity index (χ2n) is 5.78. The molecule has 21 heavy (non-hydrogen) atoms. The van der Waals surface area contributed by atoms with Crippen LogP contribution in [0.25, 0.3) is 0 Å². The maximum atomic E-state index is 6.30. The molecule has 0 fully saturated rings. The minimum absolute atomic E-state index is 0.0956. The third kappa shape index (κ3) is 3.85. The van der Waals surface area contributed by atoms with E-state index < -0.39 is 0 Å². The number of hydrogen-bond donors (Lipinski definition) is 1. The molecule has 2 rings (SSSR count). The molecule has 2 aromatic carbocycles. The molecular formula is C19H26N2. The lowest BCUT2D eigenvalue weighted by Crippen LogP contribution is -2.31. The van der Waals surface area contributed by atoms with Crippen LogP contribution in [0, 0.1) is 0 Å². The Bertz CT molecular complexity index is 549. The molecule has 0 amide bonds. The monoisotopic (exact) mass is 282 g/mol. The van der Waals surface area contributed by atoms with Gasteiger partial charge in [-0.3, -0.25) is 0 Å². The van der Waals surface area contributed by atoms with Crippen molar-refractivity contribution in [3.05, 3.63) is 65.7 Å². The molecule has 112 valence electrons. The predicted octanol–water partition coefficient (Wildman–Crippen LogP) is 4.51. The maximum Gasteiger partial charge on any atom is 0.0432 e. The van der Waals surface area contributed by atoms with Crippen molar-refractivity contribution in [2.24, 2.45) is 5.73 Å². The van der Waals surface area contributed by atoms with Crippen LogP contribution in [0.5, 0.6) is 0 Å². The molecule has 2 aromatic rings. The van der Waals surface area contributed by atoms with Crippen molar-refractivity contribution >= 4 is 5.69 Å². The van der Waals surface area contributed by atoms with Crippen LogP contribution in [0.15, 0.2) is 54.6 Å². The van der Waals surface area contributed by atoms with Gasteiger partial charge in [-0.1, -0.05) is 55.5 Å². The summed E-state index contributed by atoms with van der Waals surface area (Å²) in [5.41, 5.74) is 10.1. The van der Waals surface area contributed by atoms with E-state index in [-0.39, 0.29) is 6.04 Å². The van der Waals surface area contributed by atoms with Gasteiger partial charge in [0.05, 0.1) is 0 Å². The number of hydrogen-bond acceptors (Lipinski definition) is 2. The van der Waals surface area contributed by atoms with Crippen molar-refractivity contribution in [3.63, 3.8) is 0 Å². The van der Waals surface area contributed by atoms with Gasteiger partial charge in [-0.05, 0) is 37.5 Å². The zero-order valence-electron chi connectivity index (χ0n) is 13.3. The average Bonchev–Trinajstić information content (AvgIpc) is 2.52. The summed E-state index contributed by atoms with van der Waals surface area (Å²) in [6, 6.07) is 19.7. The van der Waals surface area contributed by atoms with Gasteiger partial charge in [0, 0.05) is 24.3 Å². The lowest BCUT2D eigenvalue weighted by molar-refractivity contribution is 0.654. The summed E-state index contributed by atoms with van der Waals surface area (Å²) < 4.78 is 0. The van der Waals surface area contributed by atoms with E-state index in [1.165, 1.54) is 16.8 Å². The molecule has 0 radical (unpaired) electrons. The smallest absolute Gasteiger partial charge is 0.0432 e. The molecular weight excluding hydrogens is 256 g/mol. The second kappa shape index (κ2) is 7.28. The summed E-state index contributed by atoms with van der Waals surface area (Å²) in [5.74, 6) is 0. The Kier molecular flexibility index (Phi) is 5.40. The van der Waals surface area contributed by atoms with E-state index in [1.54, 1.807) is 0 Å². The van der Waals surface area contributed by atoms with E-state index in [1.807, 2.05) is 0 Å². The quantitative estimate of drug-likeness (QED) is 0.844. The molecule has 0 aliphatic carbocycles. The average molecular weight is 282 g/mol. The van der Waals surface area contributed by atoms with Crippen molar-refractivity contribution in [3.8, 4) is 0 Å². The second-order valence-corrected chi connectivity index (χ2v) is 5.78. The highest BCUT2D eigenvalue weighted by Crippen LogP contribution is 2.29. The lowest BCUT2D eigenvalue weighted by atomic mass is 10.0. The molecule has 0 bridgehead atoms. The highest BCUT2D eigenvalue weighted by Gasteiger charge is 2.17. The van der Waals surface area contributed by atoms with E-state index in [0.717, 1.165) is 13.0 Å². The molecule has 1 unspecified atom stereocenters. The van der Waals surface area contributed by atoms with Crippen LogP contribution >= 0.6 is 0 Å². The zero-order chi connectivity index (χ0) is 15.2. The first-order valence-electron chi connectivity index (χ1n) is 7.78. The normalized spacial score (nSPS) is 12.4. The summed E-state index contributed by atoms with van der Waals surface area (Å²) in [4.78, 5) is 2.43. The summed E-state index contributed by atoms with van der Waals surface area (Å²) in [7, 11) is 0. The van der Waals surface area contributed by atoms with Gasteiger partial charge in [-0.2, -0.15) is 0 Å². The Hall–Kier alpha value is -1.80. The van der Waals surface area contributed by atoms with Gasteiger partial charge in [0.15, 0.2) is 0 Å². The van der Waals surface area contributed by atoms with Crippen LogP contribution in [0.4, 0.5) is 5.69 Å². The largest absolute Gasteiger partial charge is 0.365 e. The van der Waals surface area contributed by atoms with Crippen LogP contribution in [0.3, 0.4) is 0 Å². The molecule has 0 saturated heterocycles. The van der Waals surface area contributed by atoms with Crippen molar-refractivity contribution < 1.29 is 0 Å². The summed E-state index contributed by atoms with van der Waals surface area (Å²) in [5, 5.41) is 0.